The number of fused-ring (bicyclic) bond motifs is 1. The molecule has 3 aromatic carbocycles. The monoisotopic (exact) mass is 476 g/mol. The van der Waals surface area contributed by atoms with Gasteiger partial charge in [-0.15, -0.1) is 0 Å². The normalized spacial score (nSPS) is 11.5. The zero-order valence-corrected chi connectivity index (χ0v) is 18.6. The molecule has 3 N–H and O–H groups in total. The van der Waals surface area contributed by atoms with Gasteiger partial charge in [-0.05, 0) is 35.7 Å². The van der Waals surface area contributed by atoms with E-state index in [0.29, 0.717) is 11.4 Å². The van der Waals surface area contributed by atoms with Crippen molar-refractivity contribution in [2.45, 2.75) is 11.4 Å². The number of hydrogen-bond acceptors (Lipinski definition) is 6. The van der Waals surface area contributed by atoms with Gasteiger partial charge in [0.2, 0.25) is 10.0 Å². The number of nitrogens with one attached hydrogen (secondary N) is 3. The number of carbonyl (C=O) groups is 2. The highest BCUT2D eigenvalue weighted by atomic mass is 32.2. The Morgan fingerprint density at radius 3 is 2.41 bits per heavy atom. The molecule has 0 saturated carbocycles. The van der Waals surface area contributed by atoms with Crippen LogP contribution in [0.3, 0.4) is 0 Å². The number of furan rings is 1. The summed E-state index contributed by atoms with van der Waals surface area (Å²) in [7, 11) is -3.67. The molecule has 0 aliphatic carbocycles. The minimum atomic E-state index is -3.67. The lowest BCUT2D eigenvalue weighted by atomic mass is 10.1. The fraction of sp³-hybridized carbons (Fsp3) is 0.0417. The lowest BCUT2D eigenvalue weighted by Crippen LogP contribution is -2.32. The van der Waals surface area contributed by atoms with Gasteiger partial charge in [0.15, 0.2) is 0 Å². The van der Waals surface area contributed by atoms with E-state index in [1.807, 2.05) is 30.3 Å². The molecular formula is C24H20N4O5S. The Bertz CT molecular complexity index is 1460. The van der Waals surface area contributed by atoms with Crippen molar-refractivity contribution in [2.75, 3.05) is 5.32 Å². The van der Waals surface area contributed by atoms with Crippen LogP contribution >= 0.6 is 0 Å². The Kier molecular flexibility index (Phi) is 6.81. The molecule has 0 unspecified atom stereocenters. The second-order valence-corrected chi connectivity index (χ2v) is 8.89. The van der Waals surface area contributed by atoms with Crippen molar-refractivity contribution in [1.29, 1.82) is 0 Å². The second kappa shape index (κ2) is 10.1. The molecule has 0 aliphatic heterocycles. The molecule has 0 atom stereocenters. The third kappa shape index (κ3) is 5.55. The van der Waals surface area contributed by atoms with E-state index in [2.05, 4.69) is 20.6 Å². The van der Waals surface area contributed by atoms with E-state index in [4.69, 9.17) is 4.42 Å². The van der Waals surface area contributed by atoms with Crippen LogP contribution in [0.25, 0.3) is 10.8 Å². The molecule has 0 saturated heterocycles. The smallest absolute Gasteiger partial charge is 0.329 e. The van der Waals surface area contributed by atoms with Gasteiger partial charge in [0.1, 0.15) is 11.5 Å². The molecule has 4 aromatic rings. The first kappa shape index (κ1) is 22.9. The van der Waals surface area contributed by atoms with E-state index in [0.717, 1.165) is 10.8 Å². The number of nitrogens with zero attached hydrogens (tertiary/aromatic N) is 1. The first-order valence-corrected chi connectivity index (χ1v) is 11.7. The number of benzene rings is 3. The zero-order chi connectivity index (χ0) is 24.0. The first-order chi connectivity index (χ1) is 16.4. The number of sulfonamides is 1. The van der Waals surface area contributed by atoms with Crippen LogP contribution < -0.4 is 15.5 Å². The van der Waals surface area contributed by atoms with E-state index in [-0.39, 0.29) is 17.2 Å². The Balaban J connectivity index is 1.30. The van der Waals surface area contributed by atoms with Crippen LogP contribution in [0.1, 0.15) is 11.5 Å². The largest absolute Gasteiger partial charge is 0.459 e. The summed E-state index contributed by atoms with van der Waals surface area (Å²) in [4.78, 5) is 24.4. The lowest BCUT2D eigenvalue weighted by molar-refractivity contribution is -0.136. The first-order valence-electron chi connectivity index (χ1n) is 10.2. The molecule has 0 spiro atoms. The van der Waals surface area contributed by atoms with E-state index < -0.39 is 21.8 Å². The molecule has 172 valence electrons. The number of anilines is 1. The number of hydrogen-bond donors (Lipinski definition) is 3. The summed E-state index contributed by atoms with van der Waals surface area (Å²) >= 11 is 0. The minimum absolute atomic E-state index is 0.0646. The van der Waals surface area contributed by atoms with Gasteiger partial charge in [-0.1, -0.05) is 54.6 Å². The molecule has 0 fully saturated rings. The van der Waals surface area contributed by atoms with E-state index in [1.165, 1.54) is 18.3 Å². The Morgan fingerprint density at radius 1 is 0.853 bits per heavy atom. The molecule has 0 aliphatic rings. The van der Waals surface area contributed by atoms with Crippen LogP contribution in [-0.4, -0.2) is 26.4 Å². The number of hydrazone groups is 1. The van der Waals surface area contributed by atoms with Crippen molar-refractivity contribution in [3.05, 3.63) is 96.4 Å². The summed E-state index contributed by atoms with van der Waals surface area (Å²) in [6.45, 7) is -0.0646. The van der Waals surface area contributed by atoms with Gasteiger partial charge in [-0.2, -0.15) is 5.10 Å². The molecular weight excluding hydrogens is 456 g/mol. The topological polar surface area (TPSA) is 130 Å². The van der Waals surface area contributed by atoms with Gasteiger partial charge in [0.05, 0.1) is 17.7 Å². The molecule has 1 aromatic heterocycles. The fourth-order valence-electron chi connectivity index (χ4n) is 3.13. The van der Waals surface area contributed by atoms with Crippen molar-refractivity contribution in [2.24, 2.45) is 5.10 Å². The van der Waals surface area contributed by atoms with Gasteiger partial charge in [-0.3, -0.25) is 9.59 Å². The van der Waals surface area contributed by atoms with Gasteiger partial charge in [-0.25, -0.2) is 18.6 Å². The third-order valence-electron chi connectivity index (χ3n) is 4.77. The summed E-state index contributed by atoms with van der Waals surface area (Å²) < 4.78 is 32.4. The van der Waals surface area contributed by atoms with Crippen LogP contribution in [0, 0.1) is 0 Å². The Hall–Kier alpha value is -4.28. The van der Waals surface area contributed by atoms with Crippen LogP contribution in [-0.2, 0) is 26.2 Å². The highest BCUT2D eigenvalue weighted by Gasteiger charge is 2.15. The maximum atomic E-state index is 12.3. The van der Waals surface area contributed by atoms with Crippen molar-refractivity contribution >= 4 is 44.5 Å². The van der Waals surface area contributed by atoms with Gasteiger partial charge in [0.25, 0.3) is 0 Å². The number of carbonyl (C=O) groups excluding carboxylic acids is 2. The molecule has 10 heteroatoms. The summed E-state index contributed by atoms with van der Waals surface area (Å²) in [5, 5.41) is 8.02. The fourth-order valence-corrected chi connectivity index (χ4v) is 4.14. The van der Waals surface area contributed by atoms with E-state index in [1.54, 1.807) is 42.5 Å². The SMILES string of the molecule is O=C(N/N=C/c1ccc(CNS(=O)(=O)c2ccccc2)o1)C(=O)Nc1cccc2ccccc12. The maximum absolute atomic E-state index is 12.3. The minimum Gasteiger partial charge on any atom is -0.459 e. The maximum Gasteiger partial charge on any atom is 0.329 e. The summed E-state index contributed by atoms with van der Waals surface area (Å²) in [5.74, 6) is -1.21. The third-order valence-corrected chi connectivity index (χ3v) is 6.19. The Morgan fingerprint density at radius 2 is 1.59 bits per heavy atom. The average molecular weight is 477 g/mol. The molecule has 34 heavy (non-hydrogen) atoms. The summed E-state index contributed by atoms with van der Waals surface area (Å²) in [5.41, 5.74) is 2.64. The molecule has 0 bridgehead atoms. The zero-order valence-electron chi connectivity index (χ0n) is 17.8. The predicted octanol–water partition coefficient (Wildman–Crippen LogP) is 3.00. The quantitative estimate of drug-likeness (QED) is 0.214. The standard InChI is InChI=1S/C24H20N4O5S/c29-23(27-22-12-6-8-17-7-4-5-11-21(17)22)24(30)28-25-15-18-13-14-19(33-18)16-26-34(31,32)20-9-2-1-3-10-20/h1-15,26H,16H2,(H,27,29)(H,28,30)/b25-15+. The summed E-state index contributed by atoms with van der Waals surface area (Å²) in [6, 6.07) is 23.9. The van der Waals surface area contributed by atoms with Crippen molar-refractivity contribution < 1.29 is 22.4 Å². The molecule has 4 rings (SSSR count). The van der Waals surface area contributed by atoms with Crippen LogP contribution in [0.4, 0.5) is 5.69 Å². The summed E-state index contributed by atoms with van der Waals surface area (Å²) in [6.07, 6.45) is 1.21. The average Bonchev–Trinajstić information content (AvgIpc) is 3.31. The van der Waals surface area contributed by atoms with Gasteiger partial charge >= 0.3 is 11.8 Å². The predicted molar refractivity (Wildman–Crippen MR) is 127 cm³/mol. The van der Waals surface area contributed by atoms with E-state index in [9.17, 15) is 18.0 Å². The van der Waals surface area contributed by atoms with Crippen molar-refractivity contribution in [1.82, 2.24) is 10.1 Å². The highest BCUT2D eigenvalue weighted by molar-refractivity contribution is 7.89. The Labute approximate surface area is 195 Å². The van der Waals surface area contributed by atoms with Crippen molar-refractivity contribution in [3.8, 4) is 0 Å². The van der Waals surface area contributed by atoms with Gasteiger partial charge in [0, 0.05) is 11.1 Å². The highest BCUT2D eigenvalue weighted by Crippen LogP contribution is 2.22. The second-order valence-electron chi connectivity index (χ2n) is 7.12. The lowest BCUT2D eigenvalue weighted by Gasteiger charge is -2.07. The number of rotatable bonds is 7. The van der Waals surface area contributed by atoms with E-state index >= 15 is 0 Å². The van der Waals surface area contributed by atoms with Crippen molar-refractivity contribution in [3.63, 3.8) is 0 Å². The molecule has 9 nitrogen and oxygen atoms in total. The van der Waals surface area contributed by atoms with Crippen LogP contribution in [0.15, 0.2) is 99.3 Å². The van der Waals surface area contributed by atoms with Crippen LogP contribution in [0.5, 0.6) is 0 Å². The number of amides is 2. The molecule has 0 radical (unpaired) electrons. The molecule has 2 amide bonds. The molecule has 1 heterocycles. The van der Waals surface area contributed by atoms with Gasteiger partial charge < -0.3 is 9.73 Å². The van der Waals surface area contributed by atoms with Crippen LogP contribution in [0.2, 0.25) is 0 Å².